The molecule has 1 nitrogen and oxygen atoms in total. The molecule has 84 valence electrons. The van der Waals surface area contributed by atoms with Crippen LogP contribution in [0.15, 0.2) is 48.1 Å². The van der Waals surface area contributed by atoms with Gasteiger partial charge in [-0.1, -0.05) is 56.3 Å². The van der Waals surface area contributed by atoms with E-state index in [4.69, 9.17) is 5.73 Å². The van der Waals surface area contributed by atoms with Crippen LogP contribution in [0.3, 0.4) is 0 Å². The minimum atomic E-state index is 0.240. The van der Waals surface area contributed by atoms with E-state index in [1.54, 1.807) is 0 Å². The molecule has 0 aromatic heterocycles. The fraction of sp³-hybridized carbons (Fsp3) is 0.333. The number of rotatable bonds is 2. The van der Waals surface area contributed by atoms with Crippen LogP contribution < -0.4 is 5.73 Å². The fourth-order valence-electron chi connectivity index (χ4n) is 2.17. The summed E-state index contributed by atoms with van der Waals surface area (Å²) in [6.45, 7) is 5.15. The second-order valence-electron chi connectivity index (χ2n) is 5.07. The van der Waals surface area contributed by atoms with Crippen LogP contribution in [0.25, 0.3) is 5.57 Å². The number of allylic oxidation sites excluding steroid dienone is 2. The molecular weight excluding hydrogens is 194 g/mol. The van der Waals surface area contributed by atoms with E-state index in [0.29, 0.717) is 6.54 Å². The Morgan fingerprint density at radius 2 is 1.88 bits per heavy atom. The molecule has 1 aromatic rings. The first kappa shape index (κ1) is 11.2. The van der Waals surface area contributed by atoms with Gasteiger partial charge in [0.25, 0.3) is 0 Å². The maximum Gasteiger partial charge on any atom is 0.0180 e. The zero-order valence-corrected chi connectivity index (χ0v) is 10.0. The first-order valence-corrected chi connectivity index (χ1v) is 5.79. The van der Waals surface area contributed by atoms with E-state index < -0.39 is 0 Å². The van der Waals surface area contributed by atoms with Crippen molar-refractivity contribution in [2.75, 3.05) is 6.54 Å². The Hall–Kier alpha value is -1.34. The first-order valence-electron chi connectivity index (χ1n) is 5.79. The molecule has 1 heteroatoms. The molecule has 0 saturated carbocycles. The van der Waals surface area contributed by atoms with E-state index in [1.807, 2.05) is 0 Å². The van der Waals surface area contributed by atoms with Gasteiger partial charge in [-0.05, 0) is 28.5 Å². The number of benzene rings is 1. The van der Waals surface area contributed by atoms with Gasteiger partial charge in [0, 0.05) is 6.54 Å². The molecular formula is C15H19N. The van der Waals surface area contributed by atoms with Gasteiger partial charge in [-0.2, -0.15) is 0 Å². The van der Waals surface area contributed by atoms with Gasteiger partial charge in [-0.3, -0.25) is 0 Å². The lowest BCUT2D eigenvalue weighted by atomic mass is 9.77. The highest BCUT2D eigenvalue weighted by Gasteiger charge is 2.22. The van der Waals surface area contributed by atoms with Crippen molar-refractivity contribution >= 4 is 5.57 Å². The van der Waals surface area contributed by atoms with Gasteiger partial charge in [-0.25, -0.2) is 0 Å². The molecule has 0 aliphatic heterocycles. The van der Waals surface area contributed by atoms with Crippen molar-refractivity contribution in [3.8, 4) is 0 Å². The van der Waals surface area contributed by atoms with Crippen LogP contribution in [0.2, 0.25) is 0 Å². The maximum absolute atomic E-state index is 5.81. The summed E-state index contributed by atoms with van der Waals surface area (Å²) in [7, 11) is 0. The summed E-state index contributed by atoms with van der Waals surface area (Å²) in [6, 6.07) is 10.6. The van der Waals surface area contributed by atoms with Crippen molar-refractivity contribution in [3.63, 3.8) is 0 Å². The Morgan fingerprint density at radius 1 is 1.19 bits per heavy atom. The Balaban J connectivity index is 2.44. The average molecular weight is 213 g/mol. The molecule has 0 atom stereocenters. The number of nitrogens with two attached hydrogens (primary N) is 1. The van der Waals surface area contributed by atoms with Crippen LogP contribution in [0.5, 0.6) is 0 Å². The molecule has 1 aromatic carbocycles. The van der Waals surface area contributed by atoms with Crippen LogP contribution in [-0.2, 0) is 0 Å². The maximum atomic E-state index is 5.81. The SMILES string of the molecule is CC1(C)C=CC(CN)=C(c2ccccc2)C1. The highest BCUT2D eigenvalue weighted by molar-refractivity contribution is 5.73. The van der Waals surface area contributed by atoms with Gasteiger partial charge in [0.1, 0.15) is 0 Å². The topological polar surface area (TPSA) is 26.0 Å². The van der Waals surface area contributed by atoms with E-state index in [2.05, 4.69) is 56.3 Å². The predicted molar refractivity (Wildman–Crippen MR) is 70.0 cm³/mol. The Labute approximate surface area is 97.7 Å². The largest absolute Gasteiger partial charge is 0.326 e. The van der Waals surface area contributed by atoms with Crippen molar-refractivity contribution < 1.29 is 0 Å². The number of hydrogen-bond acceptors (Lipinski definition) is 1. The van der Waals surface area contributed by atoms with Crippen molar-refractivity contribution in [2.45, 2.75) is 20.3 Å². The van der Waals surface area contributed by atoms with Gasteiger partial charge >= 0.3 is 0 Å². The highest BCUT2D eigenvalue weighted by Crippen LogP contribution is 2.38. The Kier molecular flexibility index (Phi) is 2.97. The summed E-state index contributed by atoms with van der Waals surface area (Å²) in [5.74, 6) is 0. The van der Waals surface area contributed by atoms with E-state index in [9.17, 15) is 0 Å². The van der Waals surface area contributed by atoms with Crippen LogP contribution in [0, 0.1) is 5.41 Å². The van der Waals surface area contributed by atoms with E-state index in [0.717, 1.165) is 6.42 Å². The van der Waals surface area contributed by atoms with Crippen molar-refractivity contribution in [1.29, 1.82) is 0 Å². The molecule has 0 amide bonds. The molecule has 0 bridgehead atoms. The van der Waals surface area contributed by atoms with Crippen molar-refractivity contribution in [3.05, 3.63) is 53.6 Å². The van der Waals surface area contributed by atoms with Gasteiger partial charge < -0.3 is 5.73 Å². The van der Waals surface area contributed by atoms with E-state index in [1.165, 1.54) is 16.7 Å². The fourth-order valence-corrected chi connectivity index (χ4v) is 2.17. The molecule has 1 aliphatic rings. The summed E-state index contributed by atoms with van der Waals surface area (Å²) in [5.41, 5.74) is 10.0. The average Bonchev–Trinajstić information content (AvgIpc) is 2.29. The van der Waals surface area contributed by atoms with Crippen molar-refractivity contribution in [1.82, 2.24) is 0 Å². The van der Waals surface area contributed by atoms with Crippen LogP contribution in [-0.4, -0.2) is 6.54 Å². The van der Waals surface area contributed by atoms with Gasteiger partial charge in [0.15, 0.2) is 0 Å². The highest BCUT2D eigenvalue weighted by atomic mass is 14.5. The summed E-state index contributed by atoms with van der Waals surface area (Å²) < 4.78 is 0. The van der Waals surface area contributed by atoms with Gasteiger partial charge in [-0.15, -0.1) is 0 Å². The molecule has 16 heavy (non-hydrogen) atoms. The molecule has 0 fully saturated rings. The Morgan fingerprint density at radius 3 is 2.50 bits per heavy atom. The third kappa shape index (κ3) is 2.25. The lowest BCUT2D eigenvalue weighted by Crippen LogP contribution is -2.16. The standard InChI is InChI=1S/C15H19N/c1-15(2)9-8-13(11-16)14(10-15)12-6-4-3-5-7-12/h3-9H,10-11,16H2,1-2H3. The molecule has 0 unspecified atom stereocenters. The van der Waals surface area contributed by atoms with Crippen LogP contribution in [0.1, 0.15) is 25.8 Å². The van der Waals surface area contributed by atoms with Crippen LogP contribution in [0.4, 0.5) is 0 Å². The molecule has 0 heterocycles. The quantitative estimate of drug-likeness (QED) is 0.800. The van der Waals surface area contributed by atoms with E-state index in [-0.39, 0.29) is 5.41 Å². The van der Waals surface area contributed by atoms with Gasteiger partial charge in [0.2, 0.25) is 0 Å². The smallest absolute Gasteiger partial charge is 0.0180 e. The third-order valence-electron chi connectivity index (χ3n) is 3.10. The summed E-state index contributed by atoms with van der Waals surface area (Å²) in [4.78, 5) is 0. The molecule has 2 N–H and O–H groups in total. The normalized spacial score (nSPS) is 18.9. The summed E-state index contributed by atoms with van der Waals surface area (Å²) in [5, 5.41) is 0. The lowest BCUT2D eigenvalue weighted by molar-refractivity contribution is 0.490. The van der Waals surface area contributed by atoms with Crippen LogP contribution >= 0.6 is 0 Å². The van der Waals surface area contributed by atoms with Crippen molar-refractivity contribution in [2.24, 2.45) is 11.1 Å². The minimum absolute atomic E-state index is 0.240. The molecule has 0 spiro atoms. The first-order chi connectivity index (χ1) is 7.62. The second kappa shape index (κ2) is 4.26. The third-order valence-corrected chi connectivity index (χ3v) is 3.10. The zero-order chi connectivity index (χ0) is 11.6. The predicted octanol–water partition coefficient (Wildman–Crippen LogP) is 3.39. The molecule has 0 radical (unpaired) electrons. The van der Waals surface area contributed by atoms with Gasteiger partial charge in [0.05, 0.1) is 0 Å². The monoisotopic (exact) mass is 213 g/mol. The summed E-state index contributed by atoms with van der Waals surface area (Å²) >= 11 is 0. The number of hydrogen-bond donors (Lipinski definition) is 1. The molecule has 1 aliphatic carbocycles. The lowest BCUT2D eigenvalue weighted by Gasteiger charge is -2.28. The molecule has 0 saturated heterocycles. The minimum Gasteiger partial charge on any atom is -0.326 e. The van der Waals surface area contributed by atoms with E-state index >= 15 is 0 Å². The molecule has 2 rings (SSSR count). The second-order valence-corrected chi connectivity index (χ2v) is 5.07. The summed E-state index contributed by atoms with van der Waals surface area (Å²) in [6.07, 6.45) is 5.52. The Bertz CT molecular complexity index is 424. The zero-order valence-electron chi connectivity index (χ0n) is 10.0.